The smallest absolute Gasteiger partial charge is 0.410 e. The highest BCUT2D eigenvalue weighted by Crippen LogP contribution is 2.27. The molecule has 0 saturated carbocycles. The largest absolute Gasteiger partial charge is 0.490 e. The summed E-state index contributed by atoms with van der Waals surface area (Å²) in [5, 5.41) is 0. The van der Waals surface area contributed by atoms with Gasteiger partial charge in [-0.25, -0.2) is 4.79 Å². The van der Waals surface area contributed by atoms with Crippen molar-refractivity contribution in [2.45, 2.75) is 71.6 Å². The molecule has 0 spiro atoms. The van der Waals surface area contributed by atoms with Crippen molar-refractivity contribution in [3.05, 3.63) is 72.1 Å². The number of likely N-dealkylation sites (tertiary alicyclic amines) is 1. The molecule has 36 heavy (non-hydrogen) atoms. The Morgan fingerprint density at radius 3 is 2.64 bits per heavy atom. The molecule has 6 nitrogen and oxygen atoms in total. The van der Waals surface area contributed by atoms with Gasteiger partial charge in [0.05, 0.1) is 18.3 Å². The van der Waals surface area contributed by atoms with E-state index in [0.717, 1.165) is 30.4 Å². The maximum atomic E-state index is 12.4. The van der Waals surface area contributed by atoms with Crippen LogP contribution in [-0.4, -0.2) is 54.0 Å². The van der Waals surface area contributed by atoms with Crippen molar-refractivity contribution in [1.29, 1.82) is 0 Å². The van der Waals surface area contributed by atoms with Gasteiger partial charge < -0.3 is 19.1 Å². The fourth-order valence-electron chi connectivity index (χ4n) is 4.16. The standard InChI is InChI=1S/C30H40N2O4/c1-7-10-22(8-2)16-27(34-6)17-23-11-9-12-24(15-23)25-18-28(20-31-19-25)35-21-26-13-14-32(26)29(33)36-30(3,4)5/h7-12,15,18-20,26-27H,13-14,16-17,21H2,1-6H3. The zero-order valence-corrected chi connectivity index (χ0v) is 22.5. The summed E-state index contributed by atoms with van der Waals surface area (Å²) < 4.78 is 17.3. The van der Waals surface area contributed by atoms with E-state index < -0.39 is 5.60 Å². The van der Waals surface area contributed by atoms with Crippen LogP contribution >= 0.6 is 0 Å². The van der Waals surface area contributed by atoms with E-state index in [2.05, 4.69) is 54.4 Å². The number of benzene rings is 1. The number of hydrogen-bond donors (Lipinski definition) is 0. The van der Waals surface area contributed by atoms with E-state index in [4.69, 9.17) is 14.2 Å². The lowest BCUT2D eigenvalue weighted by molar-refractivity contribution is -0.0141. The number of allylic oxidation sites excluding steroid dienone is 3. The third kappa shape index (κ3) is 7.95. The Balaban J connectivity index is 1.63. The summed E-state index contributed by atoms with van der Waals surface area (Å²) >= 11 is 0. The van der Waals surface area contributed by atoms with E-state index in [9.17, 15) is 4.79 Å². The highest BCUT2D eigenvalue weighted by Gasteiger charge is 2.35. The minimum absolute atomic E-state index is 0.0161. The molecule has 3 rings (SSSR count). The van der Waals surface area contributed by atoms with Crippen LogP contribution in [0.1, 0.15) is 53.0 Å². The molecule has 2 heterocycles. The van der Waals surface area contributed by atoms with Gasteiger partial charge in [0.15, 0.2) is 0 Å². The average molecular weight is 493 g/mol. The number of methoxy groups -OCH3 is 1. The fraction of sp³-hybridized carbons (Fsp3) is 0.467. The van der Waals surface area contributed by atoms with Gasteiger partial charge in [-0.1, -0.05) is 48.1 Å². The third-order valence-electron chi connectivity index (χ3n) is 6.20. The number of rotatable bonds is 10. The molecule has 6 heteroatoms. The maximum Gasteiger partial charge on any atom is 0.410 e. The molecule has 194 valence electrons. The number of amides is 1. The van der Waals surface area contributed by atoms with E-state index >= 15 is 0 Å². The Bertz CT molecular complexity index is 1070. The van der Waals surface area contributed by atoms with E-state index in [-0.39, 0.29) is 18.2 Å². The summed E-state index contributed by atoms with van der Waals surface area (Å²) in [6.07, 6.45) is 12.3. The van der Waals surface area contributed by atoms with Gasteiger partial charge in [-0.05, 0) is 71.1 Å². The summed E-state index contributed by atoms with van der Waals surface area (Å²) in [7, 11) is 1.77. The highest BCUT2D eigenvalue weighted by atomic mass is 16.6. The Labute approximate surface area is 216 Å². The second kappa shape index (κ2) is 12.7. The first-order chi connectivity index (χ1) is 17.2. The Morgan fingerprint density at radius 1 is 1.19 bits per heavy atom. The normalized spacial score (nSPS) is 17.1. The number of nitrogens with zero attached hydrogens (tertiary/aromatic N) is 2. The van der Waals surface area contributed by atoms with Crippen LogP contribution in [0.4, 0.5) is 4.79 Å². The van der Waals surface area contributed by atoms with Crippen molar-refractivity contribution in [2.75, 3.05) is 20.3 Å². The number of hydrogen-bond acceptors (Lipinski definition) is 5. The first-order valence-electron chi connectivity index (χ1n) is 12.7. The molecule has 2 unspecified atom stereocenters. The molecule has 1 aromatic heterocycles. The molecule has 1 aromatic carbocycles. The van der Waals surface area contributed by atoms with Crippen LogP contribution in [0.25, 0.3) is 11.1 Å². The van der Waals surface area contributed by atoms with Gasteiger partial charge in [0.2, 0.25) is 0 Å². The lowest BCUT2D eigenvalue weighted by Crippen LogP contribution is -2.55. The van der Waals surface area contributed by atoms with Crippen LogP contribution in [-0.2, 0) is 15.9 Å². The number of carbonyl (C=O) groups is 1. The monoisotopic (exact) mass is 492 g/mol. The molecule has 2 atom stereocenters. The van der Waals surface area contributed by atoms with Crippen molar-refractivity contribution in [3.8, 4) is 16.9 Å². The van der Waals surface area contributed by atoms with Crippen molar-refractivity contribution in [2.24, 2.45) is 0 Å². The summed E-state index contributed by atoms with van der Waals surface area (Å²) in [5.41, 5.74) is 4.05. The lowest BCUT2D eigenvalue weighted by atomic mass is 9.98. The highest BCUT2D eigenvalue weighted by molar-refractivity contribution is 5.69. The van der Waals surface area contributed by atoms with Crippen LogP contribution in [0.15, 0.2) is 66.5 Å². The van der Waals surface area contributed by atoms with Crippen LogP contribution in [0.3, 0.4) is 0 Å². The van der Waals surface area contributed by atoms with E-state index in [1.54, 1.807) is 18.2 Å². The predicted molar refractivity (Wildman–Crippen MR) is 144 cm³/mol. The number of aromatic nitrogens is 1. The fourth-order valence-corrected chi connectivity index (χ4v) is 4.16. The van der Waals surface area contributed by atoms with Crippen molar-refractivity contribution in [3.63, 3.8) is 0 Å². The topological polar surface area (TPSA) is 60.9 Å². The van der Waals surface area contributed by atoms with E-state index in [1.165, 1.54) is 11.1 Å². The minimum atomic E-state index is -0.504. The summed E-state index contributed by atoms with van der Waals surface area (Å²) in [6, 6.07) is 10.5. The molecule has 0 bridgehead atoms. The molecule has 2 aromatic rings. The minimum Gasteiger partial charge on any atom is -0.490 e. The van der Waals surface area contributed by atoms with Crippen LogP contribution in [0, 0.1) is 0 Å². The molecule has 1 aliphatic heterocycles. The molecule has 1 fully saturated rings. The van der Waals surface area contributed by atoms with Gasteiger partial charge >= 0.3 is 6.09 Å². The Morgan fingerprint density at radius 2 is 2.00 bits per heavy atom. The van der Waals surface area contributed by atoms with Crippen LogP contribution in [0.2, 0.25) is 0 Å². The van der Waals surface area contributed by atoms with Gasteiger partial charge in [0, 0.05) is 25.4 Å². The molecule has 0 radical (unpaired) electrons. The van der Waals surface area contributed by atoms with Crippen molar-refractivity contribution < 1.29 is 19.0 Å². The molecule has 0 aliphatic carbocycles. The third-order valence-corrected chi connectivity index (χ3v) is 6.20. The number of carbonyl (C=O) groups excluding carboxylic acids is 1. The lowest BCUT2D eigenvalue weighted by Gasteiger charge is -2.40. The van der Waals surface area contributed by atoms with Crippen LogP contribution in [0.5, 0.6) is 5.75 Å². The first-order valence-corrected chi connectivity index (χ1v) is 12.7. The average Bonchev–Trinajstić information content (AvgIpc) is 2.81. The van der Waals surface area contributed by atoms with Gasteiger partial charge in [0.25, 0.3) is 0 Å². The SMILES string of the molecule is CC=CC(=CC)CC(Cc1cccc(-c2cncc(OCC3CCN3C(=O)OC(C)(C)C)c2)c1)OC. The van der Waals surface area contributed by atoms with Gasteiger partial charge in [-0.3, -0.25) is 4.98 Å². The Hall–Kier alpha value is -3.12. The molecular formula is C30H40N2O4. The van der Waals surface area contributed by atoms with Crippen molar-refractivity contribution >= 4 is 6.09 Å². The van der Waals surface area contributed by atoms with Gasteiger partial charge in [-0.2, -0.15) is 0 Å². The Kier molecular flexibility index (Phi) is 9.71. The second-order valence-electron chi connectivity index (χ2n) is 10.2. The maximum absolute atomic E-state index is 12.4. The van der Waals surface area contributed by atoms with Crippen LogP contribution < -0.4 is 4.74 Å². The number of pyridine rings is 1. The number of ether oxygens (including phenoxy) is 3. The second-order valence-corrected chi connectivity index (χ2v) is 10.2. The molecule has 1 amide bonds. The summed E-state index contributed by atoms with van der Waals surface area (Å²) in [4.78, 5) is 18.5. The summed E-state index contributed by atoms with van der Waals surface area (Å²) in [5.74, 6) is 0.688. The van der Waals surface area contributed by atoms with Gasteiger partial charge in [-0.15, -0.1) is 0 Å². The quantitative estimate of drug-likeness (QED) is 0.349. The zero-order chi connectivity index (χ0) is 26.1. The molecule has 1 saturated heterocycles. The zero-order valence-electron chi connectivity index (χ0n) is 22.5. The summed E-state index contributed by atoms with van der Waals surface area (Å²) in [6.45, 7) is 10.8. The first kappa shape index (κ1) is 27.5. The molecular weight excluding hydrogens is 452 g/mol. The molecule has 1 aliphatic rings. The van der Waals surface area contributed by atoms with E-state index in [1.807, 2.05) is 40.0 Å². The van der Waals surface area contributed by atoms with Gasteiger partial charge in [0.1, 0.15) is 18.0 Å². The predicted octanol–water partition coefficient (Wildman–Crippen LogP) is 6.61. The van der Waals surface area contributed by atoms with Crippen molar-refractivity contribution in [1.82, 2.24) is 9.88 Å². The van der Waals surface area contributed by atoms with E-state index in [0.29, 0.717) is 18.9 Å². The molecule has 0 N–H and O–H groups in total.